The third-order valence-electron chi connectivity index (χ3n) is 7.34. The van der Waals surface area contributed by atoms with Crippen LogP contribution >= 0.6 is 11.6 Å². The SMILES string of the molecule is CN(C)C(=O)/C=C/CN(CCOc1ccc(/C(C2=C(Cl)c3ccccc3C2)=C(/CC(F)(F)F)c2c(F)cncc2F)cn1)C(=O)OC(C)(C)C. The highest BCUT2D eigenvalue weighted by Crippen LogP contribution is 2.47. The largest absolute Gasteiger partial charge is 0.476 e. The molecule has 0 radical (unpaired) electrons. The number of allylic oxidation sites excluding steroid dienone is 3. The molecule has 0 atom stereocenters. The first-order valence-corrected chi connectivity index (χ1v) is 15.8. The molecule has 0 fully saturated rings. The molecule has 8 nitrogen and oxygen atoms in total. The fourth-order valence-electron chi connectivity index (χ4n) is 5.14. The molecule has 3 aromatic rings. The molecule has 2 heterocycles. The number of rotatable bonds is 11. The van der Waals surface area contributed by atoms with Crippen LogP contribution in [0.3, 0.4) is 0 Å². The van der Waals surface area contributed by atoms with Crippen molar-refractivity contribution in [2.45, 2.75) is 45.4 Å². The number of pyridine rings is 2. The fourth-order valence-corrected chi connectivity index (χ4v) is 5.48. The summed E-state index contributed by atoms with van der Waals surface area (Å²) in [5.41, 5.74) is -0.770. The molecule has 2 amide bonds. The van der Waals surface area contributed by atoms with E-state index in [1.807, 2.05) is 0 Å². The van der Waals surface area contributed by atoms with E-state index in [2.05, 4.69) is 9.97 Å². The maximum absolute atomic E-state index is 15.1. The number of fused-ring (bicyclic) bond motifs is 1. The predicted octanol–water partition coefficient (Wildman–Crippen LogP) is 8.08. The van der Waals surface area contributed by atoms with Crippen molar-refractivity contribution in [2.75, 3.05) is 33.8 Å². The summed E-state index contributed by atoms with van der Waals surface area (Å²) in [7, 11) is 3.18. The monoisotopic (exact) mass is 718 g/mol. The van der Waals surface area contributed by atoms with E-state index < -0.39 is 47.1 Å². The molecule has 0 spiro atoms. The molecule has 4 rings (SSSR count). The van der Waals surface area contributed by atoms with Crippen LogP contribution in [0, 0.1) is 11.6 Å². The van der Waals surface area contributed by atoms with Gasteiger partial charge in [-0.3, -0.25) is 9.78 Å². The zero-order valence-corrected chi connectivity index (χ0v) is 28.8. The summed E-state index contributed by atoms with van der Waals surface area (Å²) in [5.74, 6) is -2.74. The lowest BCUT2D eigenvalue weighted by Gasteiger charge is -2.26. The zero-order valence-electron chi connectivity index (χ0n) is 28.1. The molecular weight excluding hydrogens is 683 g/mol. The van der Waals surface area contributed by atoms with E-state index in [4.69, 9.17) is 21.1 Å². The third-order valence-corrected chi connectivity index (χ3v) is 7.77. The minimum absolute atomic E-state index is 0.0288. The van der Waals surface area contributed by atoms with Gasteiger partial charge < -0.3 is 19.3 Å². The van der Waals surface area contributed by atoms with Crippen LogP contribution in [-0.4, -0.2) is 77.3 Å². The van der Waals surface area contributed by atoms with Crippen LogP contribution in [0.1, 0.15) is 49.4 Å². The number of hydrogen-bond donors (Lipinski definition) is 0. The topological polar surface area (TPSA) is 84.9 Å². The van der Waals surface area contributed by atoms with E-state index in [1.165, 1.54) is 40.3 Å². The lowest BCUT2D eigenvalue weighted by atomic mass is 9.87. The first-order chi connectivity index (χ1) is 23.4. The number of ether oxygens (including phenoxy) is 2. The van der Waals surface area contributed by atoms with Crippen molar-refractivity contribution in [1.82, 2.24) is 19.8 Å². The Morgan fingerprint density at radius 2 is 1.68 bits per heavy atom. The summed E-state index contributed by atoms with van der Waals surface area (Å²) in [6.45, 7) is 5.14. The number of aromatic nitrogens is 2. The number of halogens is 6. The normalized spacial score (nSPS) is 13.7. The van der Waals surface area contributed by atoms with Gasteiger partial charge in [-0.25, -0.2) is 18.6 Å². The quantitative estimate of drug-likeness (QED) is 0.147. The van der Waals surface area contributed by atoms with Gasteiger partial charge in [0.05, 0.1) is 36.0 Å². The summed E-state index contributed by atoms with van der Waals surface area (Å²) in [6, 6.07) is 9.78. The fraction of sp³-hybridized carbons (Fsp3) is 0.333. The second kappa shape index (κ2) is 15.8. The molecule has 0 bridgehead atoms. The van der Waals surface area contributed by atoms with E-state index in [1.54, 1.807) is 59.1 Å². The third kappa shape index (κ3) is 9.90. The van der Waals surface area contributed by atoms with Crippen LogP contribution in [0.5, 0.6) is 5.88 Å². The van der Waals surface area contributed by atoms with Crippen LogP contribution < -0.4 is 4.74 Å². The summed E-state index contributed by atoms with van der Waals surface area (Å²) in [4.78, 5) is 35.2. The average molecular weight is 719 g/mol. The van der Waals surface area contributed by atoms with E-state index in [-0.39, 0.29) is 59.6 Å². The Morgan fingerprint density at radius 3 is 2.26 bits per heavy atom. The van der Waals surface area contributed by atoms with E-state index in [0.717, 1.165) is 5.56 Å². The summed E-state index contributed by atoms with van der Waals surface area (Å²) in [6.07, 6.45) is -1.69. The zero-order chi connectivity index (χ0) is 36.8. The van der Waals surface area contributed by atoms with Crippen LogP contribution in [0.15, 0.2) is 72.7 Å². The molecule has 0 saturated heterocycles. The number of carbonyl (C=O) groups excluding carboxylic acids is 2. The molecule has 0 aliphatic heterocycles. The highest BCUT2D eigenvalue weighted by molar-refractivity contribution is 6.51. The van der Waals surface area contributed by atoms with E-state index in [9.17, 15) is 22.8 Å². The average Bonchev–Trinajstić information content (AvgIpc) is 3.35. The second-order valence-corrected chi connectivity index (χ2v) is 12.9. The number of carbonyl (C=O) groups is 2. The van der Waals surface area contributed by atoms with E-state index >= 15 is 8.78 Å². The minimum atomic E-state index is -4.85. The molecular formula is C36H36ClF5N4O4. The van der Waals surface area contributed by atoms with Crippen molar-refractivity contribution < 1.29 is 41.0 Å². The molecule has 50 heavy (non-hydrogen) atoms. The van der Waals surface area contributed by atoms with Gasteiger partial charge in [0.15, 0.2) is 11.6 Å². The Bertz CT molecular complexity index is 1800. The smallest absolute Gasteiger partial charge is 0.410 e. The number of hydrogen-bond acceptors (Lipinski definition) is 6. The molecule has 266 valence electrons. The van der Waals surface area contributed by atoms with Gasteiger partial charge in [0.2, 0.25) is 11.8 Å². The Kier molecular flexibility index (Phi) is 12.0. The molecule has 0 N–H and O–H groups in total. The van der Waals surface area contributed by atoms with Crippen molar-refractivity contribution in [1.29, 1.82) is 0 Å². The molecule has 1 aliphatic rings. The summed E-state index contributed by atoms with van der Waals surface area (Å²) in [5, 5.41) is 0.147. The van der Waals surface area contributed by atoms with Gasteiger partial charge in [0, 0.05) is 51.0 Å². The van der Waals surface area contributed by atoms with Gasteiger partial charge >= 0.3 is 12.3 Å². The lowest BCUT2D eigenvalue weighted by molar-refractivity contribution is -0.124. The highest BCUT2D eigenvalue weighted by Gasteiger charge is 2.36. The Hall–Kier alpha value is -4.78. The van der Waals surface area contributed by atoms with Crippen LogP contribution in [0.4, 0.5) is 26.7 Å². The highest BCUT2D eigenvalue weighted by atomic mass is 35.5. The Morgan fingerprint density at radius 1 is 1.00 bits per heavy atom. The molecule has 14 heteroatoms. The molecule has 1 aromatic carbocycles. The maximum Gasteiger partial charge on any atom is 0.410 e. The standard InChI is InChI=1S/C36H36ClF5N4O4/c1-35(2,3)50-34(48)46(14-8-11-30(47)45(4)5)15-16-49-29-13-12-23(19-44-29)31(25-17-22-9-6-7-10-24(22)33(25)37)26(18-36(40,41)42)32-27(38)20-43-21-28(32)39/h6-13,19-21H,14-18H2,1-5H3/b11-8+,31-26+. The van der Waals surface area contributed by atoms with Gasteiger partial charge in [-0.2, -0.15) is 13.2 Å². The Balaban J connectivity index is 1.68. The summed E-state index contributed by atoms with van der Waals surface area (Å²) >= 11 is 6.75. The molecule has 1 aliphatic carbocycles. The van der Waals surface area contributed by atoms with E-state index in [0.29, 0.717) is 18.0 Å². The van der Waals surface area contributed by atoms with Gasteiger partial charge in [0.25, 0.3) is 0 Å². The maximum atomic E-state index is 15.1. The summed E-state index contributed by atoms with van der Waals surface area (Å²) < 4.78 is 83.8. The molecule has 0 saturated carbocycles. The number of alkyl halides is 3. The van der Waals surface area contributed by atoms with Crippen molar-refractivity contribution >= 4 is 39.8 Å². The van der Waals surface area contributed by atoms with Crippen molar-refractivity contribution in [3.63, 3.8) is 0 Å². The van der Waals surface area contributed by atoms with Crippen molar-refractivity contribution in [3.8, 4) is 5.88 Å². The van der Waals surface area contributed by atoms with Crippen LogP contribution in [-0.2, 0) is 16.0 Å². The van der Waals surface area contributed by atoms with Gasteiger partial charge in [-0.05, 0) is 54.7 Å². The lowest BCUT2D eigenvalue weighted by Crippen LogP contribution is -2.39. The van der Waals surface area contributed by atoms with Gasteiger partial charge in [-0.1, -0.05) is 41.9 Å². The number of amides is 2. The number of nitrogens with zero attached hydrogens (tertiary/aromatic N) is 4. The van der Waals surface area contributed by atoms with Crippen LogP contribution in [0.25, 0.3) is 16.2 Å². The number of likely N-dealkylation sites (N-methyl/N-ethyl adjacent to an activating group) is 1. The molecule has 0 unspecified atom stereocenters. The molecule has 2 aromatic heterocycles. The van der Waals surface area contributed by atoms with Gasteiger partial charge in [-0.15, -0.1) is 0 Å². The Labute approximate surface area is 291 Å². The first-order valence-electron chi connectivity index (χ1n) is 15.5. The van der Waals surface area contributed by atoms with Gasteiger partial charge in [0.1, 0.15) is 12.2 Å². The first kappa shape index (κ1) is 38.0. The second-order valence-electron chi connectivity index (χ2n) is 12.5. The minimum Gasteiger partial charge on any atom is -0.476 e. The van der Waals surface area contributed by atoms with Crippen molar-refractivity contribution in [2.24, 2.45) is 0 Å². The van der Waals surface area contributed by atoms with Crippen molar-refractivity contribution in [3.05, 3.63) is 107 Å². The number of benzene rings is 1. The van der Waals surface area contributed by atoms with Crippen LogP contribution in [0.2, 0.25) is 0 Å². The predicted molar refractivity (Wildman–Crippen MR) is 180 cm³/mol.